The van der Waals surface area contributed by atoms with Gasteiger partial charge in [0.2, 0.25) is 11.8 Å². The lowest BCUT2D eigenvalue weighted by Crippen LogP contribution is -2.47. The minimum Gasteiger partial charge on any atom is -0.354 e. The molecule has 0 aliphatic rings. The molecule has 1 unspecified atom stereocenters. The molecule has 0 aliphatic carbocycles. The largest absolute Gasteiger partial charge is 0.354 e. The first-order valence-electron chi connectivity index (χ1n) is 10.3. The number of halogens is 1. The summed E-state index contributed by atoms with van der Waals surface area (Å²) in [5, 5.41) is 2.83. The monoisotopic (exact) mass is 398 g/mol. The summed E-state index contributed by atoms with van der Waals surface area (Å²) in [6, 6.07) is 13.9. The van der Waals surface area contributed by atoms with Gasteiger partial charge in [-0.1, -0.05) is 56.3 Å². The smallest absolute Gasteiger partial charge is 0.242 e. The van der Waals surface area contributed by atoms with E-state index >= 15 is 0 Å². The minimum atomic E-state index is -0.670. The molecule has 2 amide bonds. The number of carbonyl (C=O) groups excluding carboxylic acids is 2. The van der Waals surface area contributed by atoms with E-state index in [0.29, 0.717) is 18.5 Å². The van der Waals surface area contributed by atoms with Crippen molar-refractivity contribution in [2.24, 2.45) is 0 Å². The summed E-state index contributed by atoms with van der Waals surface area (Å²) < 4.78 is 14.2. The maximum absolute atomic E-state index is 14.2. The topological polar surface area (TPSA) is 49.4 Å². The Morgan fingerprint density at radius 1 is 1.03 bits per heavy atom. The molecular weight excluding hydrogens is 367 g/mol. The predicted octanol–water partition coefficient (Wildman–Crippen LogP) is 4.26. The third kappa shape index (κ3) is 6.70. The Kier molecular flexibility index (Phi) is 8.84. The van der Waals surface area contributed by atoms with Crippen LogP contribution >= 0.6 is 0 Å². The fourth-order valence-corrected chi connectivity index (χ4v) is 3.13. The molecular formula is C24H31FN2O2. The third-order valence-electron chi connectivity index (χ3n) is 5.07. The molecule has 0 fully saturated rings. The summed E-state index contributed by atoms with van der Waals surface area (Å²) in [5.41, 5.74) is 2.73. The SMILES string of the molecule is CCCNC(=O)C(C)N(Cc1ccccc1F)C(=O)CCc1ccc(CC)cc1. The first-order valence-corrected chi connectivity index (χ1v) is 10.3. The van der Waals surface area contributed by atoms with Crippen LogP contribution in [0, 0.1) is 5.82 Å². The number of aryl methyl sites for hydroxylation is 2. The Morgan fingerprint density at radius 3 is 2.31 bits per heavy atom. The normalized spacial score (nSPS) is 11.7. The maximum Gasteiger partial charge on any atom is 0.242 e. The van der Waals surface area contributed by atoms with Crippen LogP contribution in [-0.4, -0.2) is 29.3 Å². The summed E-state index contributed by atoms with van der Waals surface area (Å²) in [7, 11) is 0. The van der Waals surface area contributed by atoms with Crippen LogP contribution in [0.4, 0.5) is 4.39 Å². The number of rotatable bonds is 10. The van der Waals surface area contributed by atoms with E-state index in [0.717, 1.165) is 18.4 Å². The van der Waals surface area contributed by atoms with Crippen molar-refractivity contribution in [1.29, 1.82) is 0 Å². The molecule has 5 heteroatoms. The van der Waals surface area contributed by atoms with Gasteiger partial charge in [0, 0.05) is 25.1 Å². The number of amides is 2. The van der Waals surface area contributed by atoms with Crippen LogP contribution in [0.25, 0.3) is 0 Å². The average Bonchev–Trinajstić information content (AvgIpc) is 2.75. The van der Waals surface area contributed by atoms with Crippen molar-refractivity contribution in [1.82, 2.24) is 10.2 Å². The second-order valence-corrected chi connectivity index (χ2v) is 7.25. The molecule has 156 valence electrons. The van der Waals surface area contributed by atoms with Crippen LogP contribution in [0.2, 0.25) is 0 Å². The lowest BCUT2D eigenvalue weighted by atomic mass is 10.0. The van der Waals surface area contributed by atoms with Gasteiger partial charge >= 0.3 is 0 Å². The molecule has 4 nitrogen and oxygen atoms in total. The van der Waals surface area contributed by atoms with Crippen LogP contribution in [-0.2, 0) is 29.0 Å². The fraction of sp³-hybridized carbons (Fsp3) is 0.417. The molecule has 0 aromatic heterocycles. The number of nitrogens with zero attached hydrogens (tertiary/aromatic N) is 1. The predicted molar refractivity (Wildman–Crippen MR) is 114 cm³/mol. The Balaban J connectivity index is 2.12. The summed E-state index contributed by atoms with van der Waals surface area (Å²) in [6.07, 6.45) is 2.64. The molecule has 1 atom stereocenters. The van der Waals surface area contributed by atoms with Crippen LogP contribution < -0.4 is 5.32 Å². The molecule has 0 heterocycles. The molecule has 0 saturated carbocycles. The van der Waals surface area contributed by atoms with Gasteiger partial charge in [0.15, 0.2) is 0 Å². The molecule has 2 aromatic rings. The van der Waals surface area contributed by atoms with Crippen molar-refractivity contribution < 1.29 is 14.0 Å². The first kappa shape index (κ1) is 22.6. The Labute approximate surface area is 173 Å². The van der Waals surface area contributed by atoms with Gasteiger partial charge in [0.05, 0.1) is 0 Å². The van der Waals surface area contributed by atoms with Crippen molar-refractivity contribution in [3.05, 3.63) is 71.0 Å². The summed E-state index contributed by atoms with van der Waals surface area (Å²) >= 11 is 0. The van der Waals surface area contributed by atoms with Crippen LogP contribution in [0.3, 0.4) is 0 Å². The van der Waals surface area contributed by atoms with Crippen molar-refractivity contribution in [2.45, 2.75) is 59.0 Å². The van der Waals surface area contributed by atoms with E-state index in [9.17, 15) is 14.0 Å². The van der Waals surface area contributed by atoms with E-state index in [1.807, 2.05) is 19.1 Å². The van der Waals surface area contributed by atoms with Crippen LogP contribution in [0.1, 0.15) is 50.3 Å². The van der Waals surface area contributed by atoms with Gasteiger partial charge in [-0.3, -0.25) is 9.59 Å². The Hall–Kier alpha value is -2.69. The van der Waals surface area contributed by atoms with Crippen molar-refractivity contribution >= 4 is 11.8 Å². The zero-order valence-electron chi connectivity index (χ0n) is 17.6. The van der Waals surface area contributed by atoms with E-state index in [-0.39, 0.29) is 30.6 Å². The number of carbonyl (C=O) groups is 2. The lowest BCUT2D eigenvalue weighted by Gasteiger charge is -2.29. The van der Waals surface area contributed by atoms with Gasteiger partial charge in [-0.05, 0) is 43.4 Å². The zero-order valence-corrected chi connectivity index (χ0v) is 17.6. The summed E-state index contributed by atoms with van der Waals surface area (Å²) in [4.78, 5) is 26.9. The molecule has 1 N–H and O–H groups in total. The third-order valence-corrected chi connectivity index (χ3v) is 5.07. The van der Waals surface area contributed by atoms with Gasteiger partial charge in [-0.2, -0.15) is 0 Å². The molecule has 29 heavy (non-hydrogen) atoms. The minimum absolute atomic E-state index is 0.0704. The zero-order chi connectivity index (χ0) is 21.2. The number of hydrogen-bond donors (Lipinski definition) is 1. The van der Waals surface area contributed by atoms with Gasteiger partial charge in [-0.25, -0.2) is 4.39 Å². The lowest BCUT2D eigenvalue weighted by molar-refractivity contribution is -0.140. The second kappa shape index (κ2) is 11.3. The average molecular weight is 399 g/mol. The Bertz CT molecular complexity index is 805. The molecule has 0 bridgehead atoms. The number of nitrogens with one attached hydrogen (secondary N) is 1. The highest BCUT2D eigenvalue weighted by Crippen LogP contribution is 2.15. The van der Waals surface area contributed by atoms with E-state index < -0.39 is 6.04 Å². The maximum atomic E-state index is 14.2. The van der Waals surface area contributed by atoms with Crippen molar-refractivity contribution in [3.8, 4) is 0 Å². The number of benzene rings is 2. The highest BCUT2D eigenvalue weighted by Gasteiger charge is 2.26. The quantitative estimate of drug-likeness (QED) is 0.650. The molecule has 2 aromatic carbocycles. The molecule has 0 saturated heterocycles. The first-order chi connectivity index (χ1) is 14.0. The molecule has 0 spiro atoms. The van der Waals surface area contributed by atoms with Gasteiger partial charge < -0.3 is 10.2 Å². The number of hydrogen-bond acceptors (Lipinski definition) is 2. The van der Waals surface area contributed by atoms with Gasteiger partial charge in [0.25, 0.3) is 0 Å². The highest BCUT2D eigenvalue weighted by molar-refractivity contribution is 5.87. The van der Waals surface area contributed by atoms with E-state index in [2.05, 4.69) is 24.4 Å². The van der Waals surface area contributed by atoms with Gasteiger partial charge in [0.1, 0.15) is 11.9 Å². The summed E-state index contributed by atoms with van der Waals surface area (Å²) in [5.74, 6) is -0.752. The Morgan fingerprint density at radius 2 is 1.69 bits per heavy atom. The molecule has 0 radical (unpaired) electrons. The van der Waals surface area contributed by atoms with Crippen molar-refractivity contribution in [2.75, 3.05) is 6.54 Å². The fourth-order valence-electron chi connectivity index (χ4n) is 3.13. The van der Waals surface area contributed by atoms with Gasteiger partial charge in [-0.15, -0.1) is 0 Å². The second-order valence-electron chi connectivity index (χ2n) is 7.25. The van der Waals surface area contributed by atoms with E-state index in [4.69, 9.17) is 0 Å². The standard InChI is InChI=1S/C24H31FN2O2/c1-4-16-26-24(29)18(3)27(17-21-8-6-7-9-22(21)25)23(28)15-14-20-12-10-19(5-2)11-13-20/h6-13,18H,4-5,14-17H2,1-3H3,(H,26,29). The molecule has 0 aliphatic heterocycles. The van der Waals surface area contributed by atoms with E-state index in [1.165, 1.54) is 16.5 Å². The highest BCUT2D eigenvalue weighted by atomic mass is 19.1. The van der Waals surface area contributed by atoms with Crippen LogP contribution in [0.15, 0.2) is 48.5 Å². The van der Waals surface area contributed by atoms with Crippen LogP contribution in [0.5, 0.6) is 0 Å². The molecule has 2 rings (SSSR count). The van der Waals surface area contributed by atoms with Crippen molar-refractivity contribution in [3.63, 3.8) is 0 Å². The van der Waals surface area contributed by atoms with E-state index in [1.54, 1.807) is 25.1 Å². The summed E-state index contributed by atoms with van der Waals surface area (Å²) in [6.45, 7) is 6.39.